The molecular formula is C14H19NO3. The van der Waals surface area contributed by atoms with Gasteiger partial charge < -0.3 is 9.84 Å². The molecule has 0 aliphatic carbocycles. The van der Waals surface area contributed by atoms with Crippen LogP contribution in [0.15, 0.2) is 24.3 Å². The predicted octanol–water partition coefficient (Wildman–Crippen LogP) is 1.78. The van der Waals surface area contributed by atoms with Crippen LogP contribution in [0.2, 0.25) is 0 Å². The number of hydrogen-bond donors (Lipinski definition) is 1. The van der Waals surface area contributed by atoms with Gasteiger partial charge in [-0.25, -0.2) is 0 Å². The molecule has 4 nitrogen and oxygen atoms in total. The van der Waals surface area contributed by atoms with Gasteiger partial charge in [-0.1, -0.05) is 12.1 Å². The van der Waals surface area contributed by atoms with E-state index in [0.717, 1.165) is 25.4 Å². The van der Waals surface area contributed by atoms with Crippen molar-refractivity contribution in [1.82, 2.24) is 4.90 Å². The average molecular weight is 249 g/mol. The number of ether oxygens (including phenoxy) is 1. The van der Waals surface area contributed by atoms with Gasteiger partial charge in [0.1, 0.15) is 12.4 Å². The Morgan fingerprint density at radius 1 is 1.50 bits per heavy atom. The molecular weight excluding hydrogens is 230 g/mol. The molecule has 1 N–H and O–H groups in total. The number of carbonyl (C=O) groups is 1. The molecule has 1 heterocycles. The Kier molecular flexibility index (Phi) is 4.20. The minimum atomic E-state index is -0.698. The number of aryl methyl sites for hydroxylation is 1. The van der Waals surface area contributed by atoms with Crippen molar-refractivity contribution in [2.75, 3.05) is 26.2 Å². The van der Waals surface area contributed by atoms with Crippen molar-refractivity contribution in [3.8, 4) is 5.75 Å². The van der Waals surface area contributed by atoms with E-state index in [-0.39, 0.29) is 6.42 Å². The summed E-state index contributed by atoms with van der Waals surface area (Å²) in [4.78, 5) is 12.7. The third kappa shape index (κ3) is 3.74. The van der Waals surface area contributed by atoms with Gasteiger partial charge in [0, 0.05) is 19.6 Å². The van der Waals surface area contributed by atoms with E-state index in [1.54, 1.807) is 0 Å². The molecule has 4 heteroatoms. The molecule has 1 saturated heterocycles. The van der Waals surface area contributed by atoms with Crippen LogP contribution >= 0.6 is 0 Å². The second-order valence-corrected chi connectivity index (χ2v) is 4.89. The third-order valence-electron chi connectivity index (χ3n) is 3.16. The van der Waals surface area contributed by atoms with Gasteiger partial charge >= 0.3 is 5.97 Å². The highest BCUT2D eigenvalue weighted by molar-refractivity contribution is 5.67. The summed E-state index contributed by atoms with van der Waals surface area (Å²) in [7, 11) is 0. The fourth-order valence-electron chi connectivity index (χ4n) is 2.23. The van der Waals surface area contributed by atoms with Crippen LogP contribution in [0.3, 0.4) is 0 Å². The molecule has 2 rings (SSSR count). The Morgan fingerprint density at radius 2 is 2.28 bits per heavy atom. The van der Waals surface area contributed by atoms with Crippen molar-refractivity contribution in [1.29, 1.82) is 0 Å². The maximum absolute atomic E-state index is 10.5. The van der Waals surface area contributed by atoms with Gasteiger partial charge in [-0.15, -0.1) is 0 Å². The largest absolute Gasteiger partial charge is 0.492 e. The Balaban J connectivity index is 1.61. The highest BCUT2D eigenvalue weighted by Gasteiger charge is 2.27. The first-order valence-corrected chi connectivity index (χ1v) is 6.27. The van der Waals surface area contributed by atoms with Crippen LogP contribution in [0.5, 0.6) is 5.75 Å². The molecule has 0 bridgehead atoms. The van der Waals surface area contributed by atoms with Crippen molar-refractivity contribution in [3.05, 3.63) is 29.8 Å². The Labute approximate surface area is 107 Å². The molecule has 1 fully saturated rings. The van der Waals surface area contributed by atoms with E-state index in [9.17, 15) is 4.79 Å². The molecule has 98 valence electrons. The van der Waals surface area contributed by atoms with Crippen LogP contribution in [-0.2, 0) is 4.79 Å². The van der Waals surface area contributed by atoms with E-state index >= 15 is 0 Å². The Bertz CT molecular complexity index is 413. The van der Waals surface area contributed by atoms with Crippen molar-refractivity contribution < 1.29 is 14.6 Å². The normalized spacial score (nSPS) is 16.3. The second-order valence-electron chi connectivity index (χ2n) is 4.89. The Hall–Kier alpha value is -1.55. The standard InChI is InChI=1S/C14H19NO3/c1-11-3-2-4-13(7-11)18-6-5-15-9-12(10-15)8-14(16)17/h2-4,7,12H,5-6,8-10H2,1H3,(H,16,17). The first-order chi connectivity index (χ1) is 8.63. The molecule has 1 aliphatic rings. The highest BCUT2D eigenvalue weighted by Crippen LogP contribution is 2.18. The molecule has 1 aliphatic heterocycles. The van der Waals surface area contributed by atoms with Crippen LogP contribution in [0.1, 0.15) is 12.0 Å². The van der Waals surface area contributed by atoms with Crippen LogP contribution in [0.25, 0.3) is 0 Å². The molecule has 1 aromatic rings. The fourth-order valence-corrected chi connectivity index (χ4v) is 2.23. The van der Waals surface area contributed by atoms with Crippen molar-refractivity contribution in [3.63, 3.8) is 0 Å². The summed E-state index contributed by atoms with van der Waals surface area (Å²) in [5.41, 5.74) is 1.19. The SMILES string of the molecule is Cc1cccc(OCCN2CC(CC(=O)O)C2)c1. The number of likely N-dealkylation sites (tertiary alicyclic amines) is 1. The molecule has 18 heavy (non-hydrogen) atoms. The summed E-state index contributed by atoms with van der Waals surface area (Å²) in [6, 6.07) is 8.00. The van der Waals surface area contributed by atoms with Gasteiger partial charge in [0.25, 0.3) is 0 Å². The summed E-state index contributed by atoms with van der Waals surface area (Å²) >= 11 is 0. The Morgan fingerprint density at radius 3 is 2.94 bits per heavy atom. The number of rotatable bonds is 6. The molecule has 1 aromatic carbocycles. The molecule has 0 spiro atoms. The van der Waals surface area contributed by atoms with Crippen molar-refractivity contribution in [2.24, 2.45) is 5.92 Å². The van der Waals surface area contributed by atoms with Crippen LogP contribution in [0, 0.1) is 12.8 Å². The lowest BCUT2D eigenvalue weighted by Crippen LogP contribution is -2.48. The predicted molar refractivity (Wildman–Crippen MR) is 68.9 cm³/mol. The quantitative estimate of drug-likeness (QED) is 0.835. The van der Waals surface area contributed by atoms with Crippen LogP contribution < -0.4 is 4.74 Å². The van der Waals surface area contributed by atoms with Gasteiger partial charge in [-0.2, -0.15) is 0 Å². The van der Waals surface area contributed by atoms with Crippen LogP contribution in [-0.4, -0.2) is 42.2 Å². The lowest BCUT2D eigenvalue weighted by molar-refractivity contribution is -0.139. The van der Waals surface area contributed by atoms with E-state index in [4.69, 9.17) is 9.84 Å². The third-order valence-corrected chi connectivity index (χ3v) is 3.16. The van der Waals surface area contributed by atoms with E-state index in [1.165, 1.54) is 5.56 Å². The lowest BCUT2D eigenvalue weighted by atomic mass is 9.97. The fraction of sp³-hybridized carbons (Fsp3) is 0.500. The first kappa shape index (κ1) is 12.9. The summed E-state index contributed by atoms with van der Waals surface area (Å²) < 4.78 is 5.65. The number of hydrogen-bond acceptors (Lipinski definition) is 3. The maximum atomic E-state index is 10.5. The smallest absolute Gasteiger partial charge is 0.303 e. The van der Waals surface area contributed by atoms with E-state index in [2.05, 4.69) is 4.90 Å². The monoisotopic (exact) mass is 249 g/mol. The topological polar surface area (TPSA) is 49.8 Å². The maximum Gasteiger partial charge on any atom is 0.303 e. The number of nitrogens with zero attached hydrogens (tertiary/aromatic N) is 1. The van der Waals surface area contributed by atoms with Crippen LogP contribution in [0.4, 0.5) is 0 Å². The number of carboxylic acids is 1. The van der Waals surface area contributed by atoms with Gasteiger partial charge in [0.2, 0.25) is 0 Å². The number of benzene rings is 1. The molecule has 0 radical (unpaired) electrons. The van der Waals surface area contributed by atoms with Gasteiger partial charge in [0.05, 0.1) is 6.42 Å². The molecule has 0 amide bonds. The molecule has 0 saturated carbocycles. The zero-order chi connectivity index (χ0) is 13.0. The van der Waals surface area contributed by atoms with Gasteiger partial charge in [0.15, 0.2) is 0 Å². The zero-order valence-electron chi connectivity index (χ0n) is 10.6. The second kappa shape index (κ2) is 5.87. The van der Waals surface area contributed by atoms with Crippen molar-refractivity contribution >= 4 is 5.97 Å². The molecule has 0 unspecified atom stereocenters. The number of carboxylic acid groups (broad SMARTS) is 1. The zero-order valence-corrected chi connectivity index (χ0v) is 10.6. The van der Waals surface area contributed by atoms with Crippen molar-refractivity contribution in [2.45, 2.75) is 13.3 Å². The summed E-state index contributed by atoms with van der Waals surface area (Å²) in [5.74, 6) is 0.523. The van der Waals surface area contributed by atoms with E-state index in [1.807, 2.05) is 31.2 Å². The van der Waals surface area contributed by atoms with E-state index < -0.39 is 5.97 Å². The van der Waals surface area contributed by atoms with Gasteiger partial charge in [-0.05, 0) is 30.5 Å². The first-order valence-electron chi connectivity index (χ1n) is 6.27. The highest BCUT2D eigenvalue weighted by atomic mass is 16.5. The number of aliphatic carboxylic acids is 1. The summed E-state index contributed by atoms with van der Waals surface area (Å²) in [5, 5.41) is 8.64. The van der Waals surface area contributed by atoms with Gasteiger partial charge in [-0.3, -0.25) is 9.69 Å². The minimum absolute atomic E-state index is 0.287. The molecule has 0 atom stereocenters. The lowest BCUT2D eigenvalue weighted by Gasteiger charge is -2.38. The summed E-state index contributed by atoms with van der Waals surface area (Å²) in [6.45, 7) is 5.32. The van der Waals surface area contributed by atoms with E-state index in [0.29, 0.717) is 12.5 Å². The summed E-state index contributed by atoms with van der Waals surface area (Å²) in [6.07, 6.45) is 0.287. The minimum Gasteiger partial charge on any atom is -0.492 e. The average Bonchev–Trinajstić information content (AvgIpc) is 2.25. The molecule has 0 aromatic heterocycles.